The number of nitrogens with one attached hydrogen (secondary N) is 1. The van der Waals surface area contributed by atoms with E-state index in [1.807, 2.05) is 6.07 Å². The molecule has 0 aliphatic carbocycles. The molecule has 1 fully saturated rings. The first kappa shape index (κ1) is 15.4. The Morgan fingerprint density at radius 3 is 2.86 bits per heavy atom. The smallest absolute Gasteiger partial charge is 0.287 e. The minimum absolute atomic E-state index is 0.0257. The number of carbonyl (C=O) groups excluding carboxylic acids is 1. The number of sulfone groups is 1. The van der Waals surface area contributed by atoms with Crippen molar-refractivity contribution in [3.8, 4) is 0 Å². The molecule has 7 heteroatoms. The van der Waals surface area contributed by atoms with Gasteiger partial charge in [-0.25, -0.2) is 8.42 Å². The van der Waals surface area contributed by atoms with E-state index in [0.29, 0.717) is 23.6 Å². The molecule has 5 nitrogen and oxygen atoms in total. The van der Waals surface area contributed by atoms with Gasteiger partial charge in [0.05, 0.1) is 16.5 Å². The molecule has 3 rings (SSSR count). The lowest BCUT2D eigenvalue weighted by Crippen LogP contribution is -2.29. The van der Waals surface area contributed by atoms with Crippen LogP contribution >= 0.6 is 11.6 Å². The van der Waals surface area contributed by atoms with Gasteiger partial charge in [-0.2, -0.15) is 0 Å². The average molecular weight is 342 g/mol. The number of carbonyl (C=O) groups is 1. The van der Waals surface area contributed by atoms with Crippen molar-refractivity contribution in [3.63, 3.8) is 0 Å². The van der Waals surface area contributed by atoms with E-state index in [1.165, 1.54) is 0 Å². The van der Waals surface area contributed by atoms with Crippen LogP contribution in [0.3, 0.4) is 0 Å². The second-order valence-electron chi connectivity index (χ2n) is 5.65. The SMILES string of the molecule is Cc1c(C(=O)NC[C@H]2CCS(=O)(=O)C2)oc2c(Cl)cccc12. The predicted molar refractivity (Wildman–Crippen MR) is 85.1 cm³/mol. The number of aryl methyl sites for hydroxylation is 1. The van der Waals surface area contributed by atoms with E-state index < -0.39 is 9.84 Å². The number of fused-ring (bicyclic) bond motifs is 1. The predicted octanol–water partition coefficient (Wildman–Crippen LogP) is 2.56. The van der Waals surface area contributed by atoms with Gasteiger partial charge in [0.2, 0.25) is 0 Å². The minimum atomic E-state index is -2.93. The third kappa shape index (κ3) is 2.85. The first-order valence-corrected chi connectivity index (χ1v) is 9.23. The number of halogens is 1. The van der Waals surface area contributed by atoms with Gasteiger partial charge < -0.3 is 9.73 Å². The maximum atomic E-state index is 12.3. The molecule has 0 unspecified atom stereocenters. The Bertz CT molecular complexity index is 841. The molecule has 2 heterocycles. The zero-order valence-electron chi connectivity index (χ0n) is 12.1. The molecule has 22 heavy (non-hydrogen) atoms. The van der Waals surface area contributed by atoms with E-state index in [-0.39, 0.29) is 29.1 Å². The molecule has 1 aliphatic rings. The molecule has 118 valence electrons. The van der Waals surface area contributed by atoms with Crippen molar-refractivity contribution in [1.29, 1.82) is 0 Å². The van der Waals surface area contributed by atoms with Gasteiger partial charge in [-0.05, 0) is 25.3 Å². The van der Waals surface area contributed by atoms with Gasteiger partial charge >= 0.3 is 0 Å². The highest BCUT2D eigenvalue weighted by molar-refractivity contribution is 7.91. The Morgan fingerprint density at radius 1 is 1.45 bits per heavy atom. The molecule has 1 atom stereocenters. The van der Waals surface area contributed by atoms with Gasteiger partial charge in [-0.15, -0.1) is 0 Å². The number of furan rings is 1. The Balaban J connectivity index is 1.76. The molecule has 1 amide bonds. The number of rotatable bonds is 3. The Labute approximate surface area is 133 Å². The third-order valence-corrected chi connectivity index (χ3v) is 6.13. The van der Waals surface area contributed by atoms with E-state index >= 15 is 0 Å². The lowest BCUT2D eigenvalue weighted by molar-refractivity contribution is 0.0922. The first-order chi connectivity index (χ1) is 10.4. The summed E-state index contributed by atoms with van der Waals surface area (Å²) in [5.74, 6) is 0.200. The van der Waals surface area contributed by atoms with Crippen LogP contribution in [0.5, 0.6) is 0 Å². The van der Waals surface area contributed by atoms with Crippen molar-refractivity contribution < 1.29 is 17.6 Å². The van der Waals surface area contributed by atoms with Gasteiger partial charge in [0.15, 0.2) is 21.2 Å². The summed E-state index contributed by atoms with van der Waals surface area (Å²) in [6.07, 6.45) is 0.591. The summed E-state index contributed by atoms with van der Waals surface area (Å²) in [6, 6.07) is 5.36. The highest BCUT2D eigenvalue weighted by Crippen LogP contribution is 2.30. The van der Waals surface area contributed by atoms with E-state index in [0.717, 1.165) is 10.9 Å². The monoisotopic (exact) mass is 341 g/mol. The Morgan fingerprint density at radius 2 is 2.23 bits per heavy atom. The fourth-order valence-corrected chi connectivity index (χ4v) is 4.85. The zero-order valence-corrected chi connectivity index (χ0v) is 13.6. The van der Waals surface area contributed by atoms with Gasteiger partial charge in [0.1, 0.15) is 0 Å². The second-order valence-corrected chi connectivity index (χ2v) is 8.29. The molecule has 0 saturated carbocycles. The molecule has 1 aromatic heterocycles. The maximum Gasteiger partial charge on any atom is 0.287 e. The lowest BCUT2D eigenvalue weighted by atomic mass is 10.1. The fraction of sp³-hybridized carbons (Fsp3) is 0.400. The average Bonchev–Trinajstić information content (AvgIpc) is 2.98. The summed E-state index contributed by atoms with van der Waals surface area (Å²) in [4.78, 5) is 12.3. The lowest BCUT2D eigenvalue weighted by Gasteiger charge is -2.08. The largest absolute Gasteiger partial charge is 0.449 e. The molecule has 1 saturated heterocycles. The number of para-hydroxylation sites is 1. The van der Waals surface area contributed by atoms with Crippen LogP contribution < -0.4 is 5.32 Å². The highest BCUT2D eigenvalue weighted by atomic mass is 35.5. The van der Waals surface area contributed by atoms with Crippen LogP contribution in [0.4, 0.5) is 0 Å². The van der Waals surface area contributed by atoms with Crippen LogP contribution in [0.15, 0.2) is 22.6 Å². The minimum Gasteiger partial charge on any atom is -0.449 e. The van der Waals surface area contributed by atoms with Crippen molar-refractivity contribution in [2.45, 2.75) is 13.3 Å². The summed E-state index contributed by atoms with van der Waals surface area (Å²) in [7, 11) is -2.93. The number of benzene rings is 1. The first-order valence-electron chi connectivity index (χ1n) is 7.03. The van der Waals surface area contributed by atoms with Gasteiger partial charge in [-0.1, -0.05) is 23.7 Å². The Hall–Kier alpha value is -1.53. The number of amides is 1. The van der Waals surface area contributed by atoms with Crippen molar-refractivity contribution in [2.24, 2.45) is 5.92 Å². The molecule has 0 bridgehead atoms. The summed E-state index contributed by atoms with van der Waals surface area (Å²) in [6.45, 7) is 2.14. The van der Waals surface area contributed by atoms with Gasteiger partial charge in [-0.3, -0.25) is 4.79 Å². The topological polar surface area (TPSA) is 76.4 Å². The van der Waals surface area contributed by atoms with Crippen molar-refractivity contribution in [2.75, 3.05) is 18.1 Å². The van der Waals surface area contributed by atoms with Crippen LogP contribution in [0.2, 0.25) is 5.02 Å². The standard InChI is InChI=1S/C15H16ClNO4S/c1-9-11-3-2-4-12(16)14(11)21-13(9)15(18)17-7-10-5-6-22(19,20)8-10/h2-4,10H,5-8H2,1H3,(H,17,18)/t10-/m1/s1. The van der Waals surface area contributed by atoms with E-state index in [2.05, 4.69) is 5.32 Å². The van der Waals surface area contributed by atoms with E-state index in [4.69, 9.17) is 16.0 Å². The Kier molecular flexibility index (Phi) is 3.91. The molecular formula is C15H16ClNO4S. The molecule has 1 aromatic carbocycles. The summed E-state index contributed by atoms with van der Waals surface area (Å²) >= 11 is 6.07. The number of hydrogen-bond donors (Lipinski definition) is 1. The van der Waals surface area contributed by atoms with Crippen molar-refractivity contribution >= 4 is 38.3 Å². The summed E-state index contributed by atoms with van der Waals surface area (Å²) < 4.78 is 28.4. The van der Waals surface area contributed by atoms with Crippen LogP contribution in [0, 0.1) is 12.8 Å². The molecule has 1 aliphatic heterocycles. The molecule has 0 radical (unpaired) electrons. The van der Waals surface area contributed by atoms with Crippen LogP contribution in [-0.2, 0) is 9.84 Å². The number of hydrogen-bond acceptors (Lipinski definition) is 4. The molecule has 2 aromatic rings. The second kappa shape index (κ2) is 5.59. The molecule has 1 N–H and O–H groups in total. The van der Waals surface area contributed by atoms with Crippen LogP contribution in [0.25, 0.3) is 11.0 Å². The van der Waals surface area contributed by atoms with Gasteiger partial charge in [0.25, 0.3) is 5.91 Å². The van der Waals surface area contributed by atoms with Crippen LogP contribution in [0.1, 0.15) is 22.5 Å². The molecular weight excluding hydrogens is 326 g/mol. The quantitative estimate of drug-likeness (QED) is 0.930. The summed E-state index contributed by atoms with van der Waals surface area (Å²) in [5.41, 5.74) is 1.23. The van der Waals surface area contributed by atoms with Crippen molar-refractivity contribution in [3.05, 3.63) is 34.5 Å². The maximum absolute atomic E-state index is 12.3. The van der Waals surface area contributed by atoms with E-state index in [9.17, 15) is 13.2 Å². The summed E-state index contributed by atoms with van der Waals surface area (Å²) in [5, 5.41) is 4.03. The van der Waals surface area contributed by atoms with Crippen molar-refractivity contribution in [1.82, 2.24) is 5.32 Å². The van der Waals surface area contributed by atoms with Crippen LogP contribution in [-0.4, -0.2) is 32.4 Å². The highest BCUT2D eigenvalue weighted by Gasteiger charge is 2.28. The zero-order chi connectivity index (χ0) is 15.9. The molecule has 0 spiro atoms. The van der Waals surface area contributed by atoms with E-state index in [1.54, 1.807) is 19.1 Å². The fourth-order valence-electron chi connectivity index (χ4n) is 2.78. The third-order valence-electron chi connectivity index (χ3n) is 4.00. The van der Waals surface area contributed by atoms with Gasteiger partial charge in [0, 0.05) is 17.5 Å². The normalized spacial score (nSPS) is 20.4.